The summed E-state index contributed by atoms with van der Waals surface area (Å²) in [6.45, 7) is 18.3. The zero-order valence-corrected chi connectivity index (χ0v) is 26.8. The first-order valence-electron chi connectivity index (χ1n) is 16.7. The summed E-state index contributed by atoms with van der Waals surface area (Å²) in [5.74, 6) is 4.87. The van der Waals surface area contributed by atoms with E-state index in [1.165, 1.54) is 76.9 Å². The molecule has 0 bridgehead atoms. The Morgan fingerprint density at radius 2 is 1.52 bits per heavy atom. The molecule has 1 aromatic carbocycles. The number of methoxy groups -OCH3 is 1. The summed E-state index contributed by atoms with van der Waals surface area (Å²) in [5, 5.41) is 0. The maximum Gasteiger partial charge on any atom is 0.337 e. The first-order valence-corrected chi connectivity index (χ1v) is 16.7. The third-order valence-electron chi connectivity index (χ3n) is 15.2. The average molecular weight is 548 g/mol. The zero-order valence-electron chi connectivity index (χ0n) is 26.8. The summed E-state index contributed by atoms with van der Waals surface area (Å²) >= 11 is 0. The van der Waals surface area contributed by atoms with Gasteiger partial charge < -0.3 is 10.5 Å². The smallest absolute Gasteiger partial charge is 0.337 e. The Morgan fingerprint density at radius 1 is 0.825 bits per heavy atom. The van der Waals surface area contributed by atoms with Gasteiger partial charge in [0, 0.05) is 5.54 Å². The van der Waals surface area contributed by atoms with Crippen LogP contribution in [0.5, 0.6) is 0 Å². The number of hydrogen-bond acceptors (Lipinski definition) is 3. The summed E-state index contributed by atoms with van der Waals surface area (Å²) in [6.07, 6.45) is 13.3. The molecule has 1 aromatic rings. The first kappa shape index (κ1) is 28.8. The van der Waals surface area contributed by atoms with Crippen LogP contribution in [0.15, 0.2) is 24.3 Å². The fraction of sp³-hybridized carbons (Fsp3) is 0.811. The topological polar surface area (TPSA) is 52.3 Å². The van der Waals surface area contributed by atoms with Gasteiger partial charge in [0.25, 0.3) is 0 Å². The summed E-state index contributed by atoms with van der Waals surface area (Å²) < 4.78 is 4.95. The van der Waals surface area contributed by atoms with E-state index in [9.17, 15) is 4.79 Å². The van der Waals surface area contributed by atoms with Crippen molar-refractivity contribution < 1.29 is 9.53 Å². The summed E-state index contributed by atoms with van der Waals surface area (Å²) in [6, 6.07) is 8.35. The molecule has 0 heterocycles. The van der Waals surface area contributed by atoms with E-state index < -0.39 is 0 Å². The van der Waals surface area contributed by atoms with Crippen molar-refractivity contribution in [3.8, 4) is 0 Å². The lowest BCUT2D eigenvalue weighted by Crippen LogP contribution is -2.68. The van der Waals surface area contributed by atoms with Gasteiger partial charge in [-0.25, -0.2) is 4.79 Å². The van der Waals surface area contributed by atoms with Gasteiger partial charge in [0.05, 0.1) is 12.7 Å². The van der Waals surface area contributed by atoms with Gasteiger partial charge in [-0.1, -0.05) is 60.6 Å². The highest BCUT2D eigenvalue weighted by Crippen LogP contribution is 2.77. The lowest BCUT2D eigenvalue weighted by molar-refractivity contribution is -0.233. The van der Waals surface area contributed by atoms with Gasteiger partial charge in [0.1, 0.15) is 0 Å². The van der Waals surface area contributed by atoms with Gasteiger partial charge in [-0.2, -0.15) is 0 Å². The monoisotopic (exact) mass is 547 g/mol. The molecule has 10 atom stereocenters. The van der Waals surface area contributed by atoms with Crippen LogP contribution in [0.1, 0.15) is 135 Å². The first-order chi connectivity index (χ1) is 18.7. The van der Waals surface area contributed by atoms with Crippen LogP contribution in [-0.4, -0.2) is 18.6 Å². The van der Waals surface area contributed by atoms with Gasteiger partial charge in [-0.15, -0.1) is 0 Å². The number of carbonyl (C=O) groups excluding carboxylic acids is 1. The van der Waals surface area contributed by atoms with Gasteiger partial charge in [-0.3, -0.25) is 0 Å². The summed E-state index contributed by atoms with van der Waals surface area (Å²) in [5.41, 5.74) is 10.9. The number of carbonyl (C=O) groups is 1. The molecule has 0 aromatic heterocycles. The predicted molar refractivity (Wildman–Crippen MR) is 164 cm³/mol. The van der Waals surface area contributed by atoms with Crippen LogP contribution in [-0.2, 0) is 4.74 Å². The van der Waals surface area contributed by atoms with Crippen molar-refractivity contribution in [3.63, 3.8) is 0 Å². The van der Waals surface area contributed by atoms with Gasteiger partial charge in [0.15, 0.2) is 0 Å². The molecule has 3 heteroatoms. The van der Waals surface area contributed by atoms with Crippen LogP contribution in [0.25, 0.3) is 0 Å². The van der Waals surface area contributed by atoms with Gasteiger partial charge in [-0.05, 0) is 145 Å². The summed E-state index contributed by atoms with van der Waals surface area (Å²) in [7, 11) is 1.46. The van der Waals surface area contributed by atoms with Crippen molar-refractivity contribution in [2.24, 2.45) is 62.9 Å². The molecule has 5 saturated carbocycles. The van der Waals surface area contributed by atoms with Crippen molar-refractivity contribution >= 4 is 5.97 Å². The van der Waals surface area contributed by atoms with Crippen molar-refractivity contribution in [1.82, 2.24) is 0 Å². The second kappa shape index (κ2) is 9.32. The Morgan fingerprint density at radius 3 is 2.17 bits per heavy atom. The van der Waals surface area contributed by atoms with E-state index in [0.717, 1.165) is 35.5 Å². The van der Waals surface area contributed by atoms with Crippen LogP contribution in [0.3, 0.4) is 0 Å². The quantitative estimate of drug-likeness (QED) is 0.384. The van der Waals surface area contributed by atoms with E-state index >= 15 is 0 Å². The fourth-order valence-electron chi connectivity index (χ4n) is 13.0. The number of rotatable bonds is 3. The van der Waals surface area contributed by atoms with E-state index in [0.29, 0.717) is 27.7 Å². The highest BCUT2D eigenvalue weighted by Gasteiger charge is 2.70. The Balaban J connectivity index is 1.30. The van der Waals surface area contributed by atoms with Crippen LogP contribution >= 0.6 is 0 Å². The van der Waals surface area contributed by atoms with Crippen LogP contribution in [0.4, 0.5) is 0 Å². The molecule has 5 fully saturated rings. The van der Waals surface area contributed by atoms with Crippen molar-refractivity contribution in [3.05, 3.63) is 35.4 Å². The number of hydrogen-bond donors (Lipinski definition) is 1. The molecule has 40 heavy (non-hydrogen) atoms. The third kappa shape index (κ3) is 3.74. The Labute approximate surface area is 244 Å². The third-order valence-corrected chi connectivity index (χ3v) is 15.2. The number of ether oxygens (including phenoxy) is 1. The molecule has 1 unspecified atom stereocenters. The predicted octanol–water partition coefficient (Wildman–Crippen LogP) is 9.01. The molecular weight excluding hydrogens is 490 g/mol. The molecule has 222 valence electrons. The second-order valence-electron chi connectivity index (χ2n) is 16.9. The molecular formula is C37H57NO2. The number of benzene rings is 1. The molecule has 6 rings (SSSR count). The highest BCUT2D eigenvalue weighted by atomic mass is 16.5. The lowest BCUT2D eigenvalue weighted by atomic mass is 9.32. The standard InChI is InChI=1S/C37H57NO2/c1-23(2)26-15-20-37(38)22-21-35(6)28(31(26)37)13-14-30-34(5)18-16-27(24-9-11-25(12-10-24)32(39)40-8)33(3,4)29(34)17-19-36(30,35)7/h9-12,23,26-31H,13-22,38H2,1-8H3/t26?,27-,28+,29-,30+,31+,34-,35+,36+,37-/m0/s1. The van der Waals surface area contributed by atoms with Crippen molar-refractivity contribution in [1.29, 1.82) is 0 Å². The molecule has 0 amide bonds. The summed E-state index contributed by atoms with van der Waals surface area (Å²) in [4.78, 5) is 12.0. The Kier molecular flexibility index (Phi) is 6.70. The van der Waals surface area contributed by atoms with E-state index in [4.69, 9.17) is 10.5 Å². The van der Waals surface area contributed by atoms with E-state index in [2.05, 4.69) is 60.6 Å². The molecule has 5 aliphatic carbocycles. The van der Waals surface area contributed by atoms with Crippen molar-refractivity contribution in [2.45, 2.75) is 124 Å². The van der Waals surface area contributed by atoms with Gasteiger partial charge >= 0.3 is 5.97 Å². The molecule has 3 nitrogen and oxygen atoms in total. The van der Waals surface area contributed by atoms with Crippen molar-refractivity contribution in [2.75, 3.05) is 7.11 Å². The Hall–Kier alpha value is -1.35. The molecule has 0 aliphatic heterocycles. The number of nitrogens with two attached hydrogens (primary N) is 1. The maximum atomic E-state index is 12.0. The zero-order chi connectivity index (χ0) is 28.9. The van der Waals surface area contributed by atoms with Crippen LogP contribution in [0, 0.1) is 57.2 Å². The van der Waals surface area contributed by atoms with Crippen LogP contribution in [0.2, 0.25) is 0 Å². The van der Waals surface area contributed by atoms with E-state index in [1.54, 1.807) is 0 Å². The fourth-order valence-corrected chi connectivity index (χ4v) is 13.0. The minimum absolute atomic E-state index is 0.0902. The lowest BCUT2D eigenvalue weighted by Gasteiger charge is -2.73. The average Bonchev–Trinajstić information content (AvgIpc) is 3.26. The second-order valence-corrected chi connectivity index (χ2v) is 16.9. The largest absolute Gasteiger partial charge is 0.465 e. The van der Waals surface area contributed by atoms with E-state index in [1.807, 2.05) is 12.1 Å². The SMILES string of the molecule is COC(=O)c1ccc([C@@H]2CC[C@]3(C)[C@H]4CC[C@@H]5[C@H]6C(C(C)C)CC[C@]6(N)CC[C@@]5(C)[C@]4(C)CC[C@H]3C2(C)C)cc1. The molecule has 0 radical (unpaired) electrons. The van der Waals surface area contributed by atoms with Crippen LogP contribution < -0.4 is 5.73 Å². The minimum atomic E-state index is -0.246. The minimum Gasteiger partial charge on any atom is -0.465 e. The number of fused-ring (bicyclic) bond motifs is 7. The molecule has 0 spiro atoms. The normalized spacial score (nSPS) is 47.5. The molecule has 2 N–H and O–H groups in total. The Bertz CT molecular complexity index is 1140. The van der Waals surface area contributed by atoms with E-state index in [-0.39, 0.29) is 16.9 Å². The number of esters is 1. The molecule has 5 aliphatic rings. The highest BCUT2D eigenvalue weighted by molar-refractivity contribution is 5.89. The van der Waals surface area contributed by atoms with Gasteiger partial charge in [0.2, 0.25) is 0 Å². The molecule has 0 saturated heterocycles. The maximum absolute atomic E-state index is 12.0.